The number of nitrogens with one attached hydrogen (secondary N) is 1. The van der Waals surface area contributed by atoms with Crippen molar-refractivity contribution in [2.45, 2.75) is 0 Å². The largest absolute Gasteiger partial charge is 0.321 e. The zero-order chi connectivity index (χ0) is 17.4. The van der Waals surface area contributed by atoms with Crippen molar-refractivity contribution in [1.29, 1.82) is 0 Å². The Balaban J connectivity index is 1.71. The topological polar surface area (TPSA) is 97.0 Å². The Kier molecular flexibility index (Phi) is 3.46. The van der Waals surface area contributed by atoms with E-state index in [1.54, 1.807) is 24.4 Å². The Morgan fingerprint density at radius 2 is 2.00 bits per heavy atom. The van der Waals surface area contributed by atoms with Crippen LogP contribution >= 0.6 is 0 Å². The molecule has 2 aromatic rings. The number of non-ortho nitro benzene ring substituents is 1. The number of fused-ring (bicyclic) bond motifs is 1. The average Bonchev–Trinajstić information content (AvgIpc) is 3.20. The van der Waals surface area contributed by atoms with Crippen LogP contribution in [-0.2, 0) is 4.79 Å². The quantitative estimate of drug-likeness (QED) is 0.531. The first-order chi connectivity index (χ1) is 12.1. The molecule has 1 amide bonds. The third kappa shape index (κ3) is 2.61. The van der Waals surface area contributed by atoms with Crippen LogP contribution in [0.25, 0.3) is 5.57 Å². The summed E-state index contributed by atoms with van der Waals surface area (Å²) in [5.74, 6) is -0.506. The van der Waals surface area contributed by atoms with E-state index in [1.807, 2.05) is 24.3 Å². The van der Waals surface area contributed by atoms with E-state index >= 15 is 0 Å². The third-order valence-electron chi connectivity index (χ3n) is 4.12. The third-order valence-corrected chi connectivity index (χ3v) is 4.12. The molecule has 7 heteroatoms. The number of rotatable bonds is 3. The zero-order valence-corrected chi connectivity index (χ0v) is 12.9. The van der Waals surface area contributed by atoms with Gasteiger partial charge < -0.3 is 5.32 Å². The minimum Gasteiger partial charge on any atom is -0.321 e. The Morgan fingerprint density at radius 1 is 1.16 bits per heavy atom. The highest BCUT2D eigenvalue weighted by atomic mass is 16.6. The number of allylic oxidation sites excluding steroid dienone is 1. The van der Waals surface area contributed by atoms with Crippen molar-refractivity contribution in [2.24, 2.45) is 16.1 Å². The highest BCUT2D eigenvalue weighted by Crippen LogP contribution is 2.33. The molecule has 1 atom stereocenters. The molecule has 25 heavy (non-hydrogen) atoms. The molecule has 2 heterocycles. The van der Waals surface area contributed by atoms with E-state index in [0.717, 1.165) is 11.3 Å². The maximum atomic E-state index is 12.3. The summed E-state index contributed by atoms with van der Waals surface area (Å²) in [6.07, 6.45) is 3.41. The predicted octanol–water partition coefficient (Wildman–Crippen LogP) is 3.04. The fourth-order valence-electron chi connectivity index (χ4n) is 2.94. The summed E-state index contributed by atoms with van der Waals surface area (Å²) in [6, 6.07) is 13.7. The Hall–Kier alpha value is -3.61. The zero-order valence-electron chi connectivity index (χ0n) is 12.9. The highest BCUT2D eigenvalue weighted by molar-refractivity contribution is 6.32. The molecule has 7 nitrogen and oxygen atoms in total. The lowest BCUT2D eigenvalue weighted by molar-refractivity contribution is -0.384. The molecule has 2 aromatic carbocycles. The van der Waals surface area contributed by atoms with Crippen LogP contribution in [0.4, 0.5) is 11.4 Å². The number of anilines is 1. The highest BCUT2D eigenvalue weighted by Gasteiger charge is 2.27. The smallest absolute Gasteiger partial charge is 0.270 e. The van der Waals surface area contributed by atoms with Crippen molar-refractivity contribution in [3.8, 4) is 0 Å². The number of nitro benzene ring substituents is 1. The van der Waals surface area contributed by atoms with Crippen LogP contribution in [0, 0.1) is 16.0 Å². The van der Waals surface area contributed by atoms with Gasteiger partial charge in [-0.3, -0.25) is 14.9 Å². The van der Waals surface area contributed by atoms with E-state index in [9.17, 15) is 14.9 Å². The first kappa shape index (κ1) is 14.9. The fraction of sp³-hybridized carbons (Fsp3) is 0.0556. The van der Waals surface area contributed by atoms with E-state index in [1.165, 1.54) is 12.1 Å². The van der Waals surface area contributed by atoms with E-state index in [4.69, 9.17) is 0 Å². The number of carbonyl (C=O) groups is 1. The molecule has 0 bridgehead atoms. The number of benzene rings is 2. The minimum atomic E-state index is -0.450. The summed E-state index contributed by atoms with van der Waals surface area (Å²) in [6.45, 7) is 0. The molecule has 0 spiro atoms. The summed E-state index contributed by atoms with van der Waals surface area (Å²) in [7, 11) is 0. The van der Waals surface area contributed by atoms with Gasteiger partial charge in [-0.1, -0.05) is 36.4 Å². The summed E-state index contributed by atoms with van der Waals surface area (Å²) < 4.78 is 0. The molecule has 0 aromatic heterocycles. The molecule has 2 aliphatic rings. The fourth-order valence-corrected chi connectivity index (χ4v) is 2.94. The Bertz CT molecular complexity index is 991. The number of para-hydroxylation sites is 1. The second-order valence-electron chi connectivity index (χ2n) is 5.66. The summed E-state index contributed by atoms with van der Waals surface area (Å²) in [5, 5.41) is 21.8. The normalized spacial score (nSPS) is 19.7. The molecule has 4 rings (SSSR count). The van der Waals surface area contributed by atoms with Gasteiger partial charge in [0.05, 0.1) is 16.6 Å². The Labute approximate surface area is 142 Å². The molecule has 0 saturated carbocycles. The molecule has 0 radical (unpaired) electrons. The van der Waals surface area contributed by atoms with Crippen LogP contribution < -0.4 is 5.32 Å². The number of amides is 1. The standard InChI is InChI=1S/C18H12N4O3/c23-18-15(14-6-1-2-7-16(14)20-18)9-12-10-19-21-17(12)11-4-3-5-13(8-11)22(24)25/h1-10,12H,(H,20,23)/b15-9+/t12-/m0/s1. The van der Waals surface area contributed by atoms with Gasteiger partial charge >= 0.3 is 0 Å². The van der Waals surface area contributed by atoms with Crippen LogP contribution in [0.2, 0.25) is 0 Å². The first-order valence-corrected chi connectivity index (χ1v) is 7.62. The molecule has 0 unspecified atom stereocenters. The lowest BCUT2D eigenvalue weighted by Crippen LogP contribution is -2.14. The first-order valence-electron chi connectivity index (χ1n) is 7.62. The van der Waals surface area contributed by atoms with E-state index < -0.39 is 4.92 Å². The molecule has 1 N–H and O–H groups in total. The number of nitrogens with zero attached hydrogens (tertiary/aromatic N) is 3. The average molecular weight is 332 g/mol. The maximum Gasteiger partial charge on any atom is 0.270 e. The lowest BCUT2D eigenvalue weighted by atomic mass is 9.94. The molecule has 0 aliphatic carbocycles. The SMILES string of the molecule is O=C1Nc2ccccc2/C1=C\[C@H]1C=NN=C1c1cccc([N+](=O)[O-])c1. The number of hydrogen-bond donors (Lipinski definition) is 1. The molecule has 0 fully saturated rings. The van der Waals surface area contributed by atoms with Crippen molar-refractivity contribution in [1.82, 2.24) is 0 Å². The number of carbonyl (C=O) groups excluding carboxylic acids is 1. The summed E-state index contributed by atoms with van der Waals surface area (Å²) in [4.78, 5) is 22.8. The molecule has 122 valence electrons. The van der Waals surface area contributed by atoms with Gasteiger partial charge in [0.2, 0.25) is 0 Å². The van der Waals surface area contributed by atoms with Crippen LogP contribution in [0.1, 0.15) is 11.1 Å². The number of nitro groups is 1. The van der Waals surface area contributed by atoms with Gasteiger partial charge in [0.25, 0.3) is 11.6 Å². The van der Waals surface area contributed by atoms with Gasteiger partial charge in [-0.25, -0.2) is 0 Å². The minimum absolute atomic E-state index is 0.0116. The van der Waals surface area contributed by atoms with Crippen LogP contribution in [0.3, 0.4) is 0 Å². The number of hydrogen-bond acceptors (Lipinski definition) is 5. The van der Waals surface area contributed by atoms with Crippen molar-refractivity contribution in [3.05, 3.63) is 75.8 Å². The van der Waals surface area contributed by atoms with Crippen LogP contribution in [0.15, 0.2) is 64.8 Å². The van der Waals surface area contributed by atoms with Gasteiger partial charge in [-0.15, -0.1) is 0 Å². The van der Waals surface area contributed by atoms with Crippen LogP contribution in [-0.4, -0.2) is 22.8 Å². The summed E-state index contributed by atoms with van der Waals surface area (Å²) >= 11 is 0. The van der Waals surface area contributed by atoms with E-state index in [-0.39, 0.29) is 17.5 Å². The van der Waals surface area contributed by atoms with E-state index in [0.29, 0.717) is 16.8 Å². The van der Waals surface area contributed by atoms with Crippen molar-refractivity contribution in [3.63, 3.8) is 0 Å². The van der Waals surface area contributed by atoms with Gasteiger partial charge in [0.1, 0.15) is 0 Å². The van der Waals surface area contributed by atoms with Crippen molar-refractivity contribution >= 4 is 34.8 Å². The van der Waals surface area contributed by atoms with Crippen molar-refractivity contribution < 1.29 is 9.72 Å². The molecule has 0 saturated heterocycles. The predicted molar refractivity (Wildman–Crippen MR) is 94.7 cm³/mol. The van der Waals surface area contributed by atoms with Crippen LogP contribution in [0.5, 0.6) is 0 Å². The van der Waals surface area contributed by atoms with Crippen molar-refractivity contribution in [2.75, 3.05) is 5.32 Å². The molecular formula is C18H12N4O3. The van der Waals surface area contributed by atoms with Gasteiger partial charge in [0.15, 0.2) is 0 Å². The van der Waals surface area contributed by atoms with Gasteiger partial charge in [-0.05, 0) is 6.07 Å². The van der Waals surface area contributed by atoms with Gasteiger partial charge in [-0.2, -0.15) is 10.2 Å². The Morgan fingerprint density at radius 3 is 2.84 bits per heavy atom. The molecule has 2 aliphatic heterocycles. The second-order valence-corrected chi connectivity index (χ2v) is 5.66. The summed E-state index contributed by atoms with van der Waals surface area (Å²) in [5.41, 5.74) is 3.32. The molecular weight excluding hydrogens is 320 g/mol. The maximum absolute atomic E-state index is 12.3. The van der Waals surface area contributed by atoms with E-state index in [2.05, 4.69) is 15.5 Å². The second kappa shape index (κ2) is 5.79. The van der Waals surface area contributed by atoms with Gasteiger partial charge in [0, 0.05) is 40.7 Å². The lowest BCUT2D eigenvalue weighted by Gasteiger charge is -2.07. The monoisotopic (exact) mass is 332 g/mol.